The molecule has 0 N–H and O–H groups in total. The Morgan fingerprint density at radius 3 is 0.470 bits per heavy atom. The van der Waals surface area contributed by atoms with Crippen LogP contribution in [0.3, 0.4) is 0 Å². The number of benzene rings is 5. The fourth-order valence-electron chi connectivity index (χ4n) is 17.0. The van der Waals surface area contributed by atoms with Crippen molar-refractivity contribution in [3.05, 3.63) is 149 Å². The molecule has 0 amide bonds. The predicted molar refractivity (Wildman–Crippen MR) is 502 cm³/mol. The molecule has 0 unspecified atom stereocenters. The van der Waals surface area contributed by atoms with Crippen LogP contribution in [0.4, 0.5) is 23.5 Å². The van der Waals surface area contributed by atoms with Crippen LogP contribution in [0.5, 0.6) is 0 Å². The summed E-state index contributed by atoms with van der Waals surface area (Å²) in [7, 11) is 0. The molecule has 115 heavy (non-hydrogen) atoms. The van der Waals surface area contributed by atoms with E-state index in [-0.39, 0.29) is 23.5 Å². The maximum atomic E-state index is 6.05. The maximum absolute atomic E-state index is 6.05. The van der Waals surface area contributed by atoms with Crippen LogP contribution in [0.1, 0.15) is 351 Å². The molecular weight excluding hydrogens is 1540 g/mol. The highest BCUT2D eigenvalue weighted by atomic mass is 32.1. The van der Waals surface area contributed by atoms with Crippen LogP contribution in [0.25, 0.3) is 0 Å². The van der Waals surface area contributed by atoms with Crippen molar-refractivity contribution in [2.45, 2.75) is 411 Å². The first kappa shape index (κ1) is 110. The third kappa shape index (κ3) is 53.7. The predicted octanol–water partition coefficient (Wildman–Crippen LogP) is 31.1. The summed E-state index contributed by atoms with van der Waals surface area (Å²) in [4.78, 5) is 5.28. The van der Waals surface area contributed by atoms with E-state index in [1.807, 2.05) is 0 Å². The molecule has 15 heteroatoms. The monoisotopic (exact) mass is 1700 g/mol. The van der Waals surface area contributed by atoms with Crippen molar-refractivity contribution in [2.24, 2.45) is 29.6 Å². The lowest BCUT2D eigenvalue weighted by Crippen LogP contribution is -2.22. The highest BCUT2D eigenvalue weighted by Crippen LogP contribution is 2.35. The quantitative estimate of drug-likeness (QED) is 0.0153. The van der Waals surface area contributed by atoms with E-state index < -0.39 is 0 Å². The second-order valence-electron chi connectivity index (χ2n) is 33.9. The van der Waals surface area contributed by atoms with Crippen LogP contribution < -0.4 is 0 Å². The minimum atomic E-state index is 0. The van der Waals surface area contributed by atoms with Gasteiger partial charge in [-0.05, 0) is 343 Å². The molecule has 5 aliphatic carbocycles. The summed E-state index contributed by atoms with van der Waals surface area (Å²) in [6, 6.07) is 43.1. The average molecular weight is 1700 g/mol. The zero-order valence-electron chi connectivity index (χ0n) is 72.5. The number of halogens is 5. The van der Waals surface area contributed by atoms with E-state index in [0.29, 0.717) is 30.5 Å². The van der Waals surface area contributed by atoms with Crippen LogP contribution in [0.15, 0.2) is 146 Å². The zero-order valence-corrected chi connectivity index (χ0v) is 77.0. The molecule has 5 aliphatic rings. The van der Waals surface area contributed by atoms with E-state index >= 15 is 0 Å². The van der Waals surface area contributed by atoms with Crippen molar-refractivity contribution in [2.75, 3.05) is 33.0 Å². The van der Waals surface area contributed by atoms with Crippen molar-refractivity contribution in [1.82, 2.24) is 0 Å². The van der Waals surface area contributed by atoms with Crippen molar-refractivity contribution < 1.29 is 47.2 Å². The Kier molecular flexibility index (Phi) is 68.9. The molecular formula is C100H165F5O5S5. The summed E-state index contributed by atoms with van der Waals surface area (Å²) in [6.45, 7) is 16.2. The Labute approximate surface area is 727 Å². The van der Waals surface area contributed by atoms with Gasteiger partial charge < -0.3 is 23.7 Å². The van der Waals surface area contributed by atoms with Crippen LogP contribution in [0.2, 0.25) is 0 Å². The fraction of sp³-hybridized carbons (Fsp3) is 0.700. The highest BCUT2D eigenvalue weighted by molar-refractivity contribution is 7.81. The molecule has 5 aromatic carbocycles. The van der Waals surface area contributed by atoms with Crippen LogP contribution in [0, 0.1) is 29.6 Å². The van der Waals surface area contributed by atoms with Gasteiger partial charge in [0.15, 0.2) is 0 Å². The molecule has 5 saturated carbocycles. The van der Waals surface area contributed by atoms with Gasteiger partial charge in [0, 0.05) is 57.5 Å². The van der Waals surface area contributed by atoms with E-state index in [1.165, 1.54) is 349 Å². The molecule has 10 rings (SSSR count). The van der Waals surface area contributed by atoms with E-state index in [4.69, 9.17) is 23.7 Å². The Morgan fingerprint density at radius 1 is 0.200 bits per heavy atom. The van der Waals surface area contributed by atoms with Gasteiger partial charge in [-0.3, -0.25) is 23.5 Å². The number of rotatable bonds is 45. The summed E-state index contributed by atoms with van der Waals surface area (Å²) in [5, 5.41) is 0. The molecule has 5 nitrogen and oxygen atoms in total. The second kappa shape index (κ2) is 71.8. The van der Waals surface area contributed by atoms with E-state index in [9.17, 15) is 0 Å². The Bertz CT molecular complexity index is 2450. The van der Waals surface area contributed by atoms with Gasteiger partial charge in [-0.2, -0.15) is 0 Å². The van der Waals surface area contributed by atoms with Crippen LogP contribution in [-0.2, 0) is 55.8 Å². The van der Waals surface area contributed by atoms with Crippen LogP contribution in [-0.4, -0.2) is 63.6 Å². The third-order valence-electron chi connectivity index (χ3n) is 24.6. The number of thiol groups is 5. The number of unbranched alkanes of at least 4 members (excludes halogenated alkanes) is 15. The average Bonchev–Trinajstić information content (AvgIpc) is 0.912. The number of hydrogen-bond donors (Lipinski definition) is 5. The molecule has 660 valence electrons. The van der Waals surface area contributed by atoms with Crippen LogP contribution >= 0.6 is 63.1 Å². The smallest absolute Gasteiger partial charge is 0.0575 e. The van der Waals surface area contributed by atoms with Gasteiger partial charge in [0.25, 0.3) is 0 Å². The summed E-state index contributed by atoms with van der Waals surface area (Å²) in [5.74, 6) is 4.49. The first-order chi connectivity index (χ1) is 53.9. The van der Waals surface area contributed by atoms with Crippen molar-refractivity contribution in [1.29, 1.82) is 0 Å². The second-order valence-corrected chi connectivity index (χ2v) is 36.5. The lowest BCUT2D eigenvalue weighted by molar-refractivity contribution is 0.0153. The van der Waals surface area contributed by atoms with Gasteiger partial charge >= 0.3 is 0 Å². The van der Waals surface area contributed by atoms with Gasteiger partial charge in [-0.15, -0.1) is 63.1 Å². The molecule has 0 heterocycles. The Morgan fingerprint density at radius 2 is 0.339 bits per heavy atom. The van der Waals surface area contributed by atoms with Gasteiger partial charge in [0.1, 0.15) is 0 Å². The largest absolute Gasteiger partial charge is 0.378 e. The molecule has 0 aliphatic heterocycles. The van der Waals surface area contributed by atoms with Gasteiger partial charge in [0.2, 0.25) is 0 Å². The number of hydrogen-bond acceptors (Lipinski definition) is 10. The van der Waals surface area contributed by atoms with E-state index in [2.05, 4.69) is 219 Å². The number of ether oxygens (including phenoxy) is 5. The van der Waals surface area contributed by atoms with Gasteiger partial charge in [-0.1, -0.05) is 192 Å². The molecule has 0 aromatic heterocycles. The third-order valence-corrected chi connectivity index (χ3v) is 26.1. The summed E-state index contributed by atoms with van der Waals surface area (Å²) < 4.78 is 30.2. The summed E-state index contributed by atoms with van der Waals surface area (Å²) in [5.41, 5.74) is 7.26. The molecule has 5 fully saturated rings. The lowest BCUT2D eigenvalue weighted by Gasteiger charge is -2.28. The zero-order chi connectivity index (χ0) is 78.1. The first-order valence-electron chi connectivity index (χ1n) is 45.9. The standard InChI is InChI=1S/5C20H32OS.5FH/c5*1-2-3-4-5-16-21-19-12-8-17(9-13-19)6-7-18-10-14-20(22)15-11-18;;;;;/h5*10-11,14-15,17,19,22H,2-9,12-13,16H2,1H3;5*1H. The van der Waals surface area contributed by atoms with Gasteiger partial charge in [0.05, 0.1) is 30.5 Å². The normalized spacial score (nSPS) is 21.0. The Hall–Kier alpha value is -2.70. The first-order valence-corrected chi connectivity index (χ1v) is 48.1. The molecule has 5 aromatic rings. The molecule has 0 spiro atoms. The minimum absolute atomic E-state index is 0. The SMILES string of the molecule is CCCCCCOC1CCC(CCc2ccc(S)cc2)CC1.CCCCCCOC1CCC(CCc2ccc(S)cc2)CC1.CCCCCCOC1CCC(CCc2ccc(S)cc2)CC1.CCCCCCOC1CCC(CCc2ccc(S)cc2)CC1.CCCCCCOC1CCC(CCc2ccc(S)cc2)CC1.F.F.F.F.F. The van der Waals surface area contributed by atoms with Crippen molar-refractivity contribution >= 4 is 63.1 Å². The minimum Gasteiger partial charge on any atom is -0.378 e. The van der Waals surface area contributed by atoms with E-state index in [1.54, 1.807) is 0 Å². The fourth-order valence-corrected chi connectivity index (χ4v) is 17.7. The molecule has 0 bridgehead atoms. The van der Waals surface area contributed by atoms with E-state index in [0.717, 1.165) is 87.1 Å². The summed E-state index contributed by atoms with van der Waals surface area (Å²) >= 11 is 21.7. The topological polar surface area (TPSA) is 46.2 Å². The highest BCUT2D eigenvalue weighted by Gasteiger charge is 2.26. The van der Waals surface area contributed by atoms with Crippen molar-refractivity contribution in [3.8, 4) is 0 Å². The maximum Gasteiger partial charge on any atom is 0.0575 e. The molecule has 0 radical (unpaired) electrons. The van der Waals surface area contributed by atoms with Crippen molar-refractivity contribution in [3.63, 3.8) is 0 Å². The van der Waals surface area contributed by atoms with Gasteiger partial charge in [-0.25, -0.2) is 0 Å². The molecule has 0 atom stereocenters. The Balaban J connectivity index is 0.000000711. The number of aryl methyl sites for hydroxylation is 5. The lowest BCUT2D eigenvalue weighted by atomic mass is 9.84. The summed E-state index contributed by atoms with van der Waals surface area (Å²) in [6.07, 6.45) is 67.8. The molecule has 0 saturated heterocycles.